The van der Waals surface area contributed by atoms with E-state index in [1.165, 1.54) is 12.0 Å². The number of methoxy groups -OCH3 is 1. The number of carbonyl (C=O) groups is 3. The molecule has 0 aromatic heterocycles. The molecule has 1 aromatic rings. The predicted molar refractivity (Wildman–Crippen MR) is 90.0 cm³/mol. The number of nitrogens with one attached hydrogen (secondary N) is 1. The Kier molecular flexibility index (Phi) is 5.80. The highest BCUT2D eigenvalue weighted by Gasteiger charge is 2.44. The Labute approximate surface area is 145 Å². The van der Waals surface area contributed by atoms with Crippen molar-refractivity contribution in [3.05, 3.63) is 29.3 Å². The standard InChI is InChI=1S/C16H20ClN3O4/c1-10(9-24-3)18-14(21)8-19-15(22)11(2)20(16(19)23)13-6-4-12(17)5-7-13/h4-7,10-11H,8-9H2,1-3H3,(H,18,21)/t10-,11+/m0/s1. The maximum atomic E-state index is 12.6. The van der Waals surface area contributed by atoms with Gasteiger partial charge in [-0.1, -0.05) is 11.6 Å². The quantitative estimate of drug-likeness (QED) is 0.789. The molecule has 2 atom stereocenters. The third kappa shape index (κ3) is 3.85. The molecule has 0 unspecified atom stereocenters. The van der Waals surface area contributed by atoms with Crippen molar-refractivity contribution >= 4 is 35.1 Å². The molecule has 1 aliphatic rings. The van der Waals surface area contributed by atoms with Crippen LogP contribution in [0.3, 0.4) is 0 Å². The van der Waals surface area contributed by atoms with Gasteiger partial charge in [0.05, 0.1) is 6.61 Å². The van der Waals surface area contributed by atoms with Gasteiger partial charge < -0.3 is 10.1 Å². The van der Waals surface area contributed by atoms with E-state index in [2.05, 4.69) is 5.32 Å². The van der Waals surface area contributed by atoms with Crippen molar-refractivity contribution in [2.24, 2.45) is 0 Å². The minimum absolute atomic E-state index is 0.208. The first-order valence-electron chi connectivity index (χ1n) is 7.53. The van der Waals surface area contributed by atoms with Gasteiger partial charge in [-0.3, -0.25) is 19.4 Å². The molecule has 8 heteroatoms. The van der Waals surface area contributed by atoms with Gasteiger partial charge in [0.1, 0.15) is 12.6 Å². The number of hydrogen-bond acceptors (Lipinski definition) is 4. The van der Waals surface area contributed by atoms with Crippen LogP contribution < -0.4 is 10.2 Å². The maximum absolute atomic E-state index is 12.6. The van der Waals surface area contributed by atoms with E-state index in [1.54, 1.807) is 38.1 Å². The summed E-state index contributed by atoms with van der Waals surface area (Å²) in [6, 6.07) is 5.20. The predicted octanol–water partition coefficient (Wildman–Crippen LogP) is 1.65. The van der Waals surface area contributed by atoms with Gasteiger partial charge in [0.15, 0.2) is 0 Å². The second-order valence-corrected chi connectivity index (χ2v) is 6.09. The molecule has 0 spiro atoms. The molecule has 24 heavy (non-hydrogen) atoms. The van der Waals surface area contributed by atoms with Crippen molar-refractivity contribution < 1.29 is 19.1 Å². The van der Waals surface area contributed by atoms with Crippen LogP contribution in [0, 0.1) is 0 Å². The molecule has 1 saturated heterocycles. The maximum Gasteiger partial charge on any atom is 0.332 e. The lowest BCUT2D eigenvalue weighted by Gasteiger charge is -2.19. The molecule has 0 radical (unpaired) electrons. The Morgan fingerprint density at radius 2 is 1.96 bits per heavy atom. The van der Waals surface area contributed by atoms with E-state index in [0.717, 1.165) is 4.90 Å². The van der Waals surface area contributed by atoms with Gasteiger partial charge in [0.2, 0.25) is 5.91 Å². The molecule has 1 fully saturated rings. The van der Waals surface area contributed by atoms with Gasteiger partial charge in [-0.05, 0) is 38.1 Å². The molecular formula is C16H20ClN3O4. The van der Waals surface area contributed by atoms with E-state index in [4.69, 9.17) is 16.3 Å². The lowest BCUT2D eigenvalue weighted by Crippen LogP contribution is -2.45. The lowest BCUT2D eigenvalue weighted by molar-refractivity contribution is -0.132. The van der Waals surface area contributed by atoms with Crippen LogP contribution in [0.25, 0.3) is 0 Å². The number of benzene rings is 1. The van der Waals surface area contributed by atoms with Gasteiger partial charge >= 0.3 is 6.03 Å². The third-order valence-corrected chi connectivity index (χ3v) is 3.93. The van der Waals surface area contributed by atoms with Crippen molar-refractivity contribution in [3.63, 3.8) is 0 Å². The van der Waals surface area contributed by atoms with Gasteiger partial charge in [-0.15, -0.1) is 0 Å². The molecule has 0 aliphatic carbocycles. The van der Waals surface area contributed by atoms with E-state index < -0.39 is 23.9 Å². The smallest absolute Gasteiger partial charge is 0.332 e. The SMILES string of the molecule is COC[C@H](C)NC(=O)CN1C(=O)[C@@H](C)N(c2ccc(Cl)cc2)C1=O. The first kappa shape index (κ1) is 18.2. The molecule has 130 valence electrons. The first-order chi connectivity index (χ1) is 11.3. The Morgan fingerprint density at radius 1 is 1.33 bits per heavy atom. The fraction of sp³-hybridized carbons (Fsp3) is 0.438. The largest absolute Gasteiger partial charge is 0.383 e. The van der Waals surface area contributed by atoms with Gasteiger partial charge in [0.25, 0.3) is 5.91 Å². The molecular weight excluding hydrogens is 334 g/mol. The van der Waals surface area contributed by atoms with Gasteiger partial charge in [-0.2, -0.15) is 0 Å². The van der Waals surface area contributed by atoms with E-state index in [1.807, 2.05) is 0 Å². The van der Waals surface area contributed by atoms with Crippen LogP contribution >= 0.6 is 11.6 Å². The molecule has 7 nitrogen and oxygen atoms in total. The second-order valence-electron chi connectivity index (χ2n) is 5.65. The Hall–Kier alpha value is -2.12. The van der Waals surface area contributed by atoms with Crippen molar-refractivity contribution in [3.8, 4) is 0 Å². The summed E-state index contributed by atoms with van der Waals surface area (Å²) in [5, 5.41) is 3.21. The summed E-state index contributed by atoms with van der Waals surface area (Å²) in [6.07, 6.45) is 0. The van der Waals surface area contributed by atoms with Crippen LogP contribution in [0.4, 0.5) is 10.5 Å². The minimum Gasteiger partial charge on any atom is -0.383 e. The Balaban J connectivity index is 2.09. The molecule has 0 saturated carbocycles. The molecule has 4 amide bonds. The lowest BCUT2D eigenvalue weighted by atomic mass is 10.2. The zero-order valence-electron chi connectivity index (χ0n) is 13.8. The Morgan fingerprint density at radius 3 is 2.54 bits per heavy atom. The summed E-state index contributed by atoms with van der Waals surface area (Å²) in [5.41, 5.74) is 0.556. The van der Waals surface area contributed by atoms with Crippen LogP contribution in [-0.2, 0) is 14.3 Å². The van der Waals surface area contributed by atoms with Crippen molar-refractivity contribution in [2.45, 2.75) is 25.9 Å². The van der Waals surface area contributed by atoms with Crippen LogP contribution in [0.15, 0.2) is 24.3 Å². The number of nitrogens with zero attached hydrogens (tertiary/aromatic N) is 2. The number of rotatable bonds is 6. The number of imide groups is 1. The topological polar surface area (TPSA) is 79.0 Å². The van der Waals surface area contributed by atoms with Crippen molar-refractivity contribution in [1.82, 2.24) is 10.2 Å². The minimum atomic E-state index is -0.678. The number of anilines is 1. The van der Waals surface area contributed by atoms with E-state index in [-0.39, 0.29) is 12.6 Å². The molecule has 1 N–H and O–H groups in total. The van der Waals surface area contributed by atoms with Crippen molar-refractivity contribution in [2.75, 3.05) is 25.2 Å². The molecule has 2 rings (SSSR count). The van der Waals surface area contributed by atoms with E-state index in [9.17, 15) is 14.4 Å². The average Bonchev–Trinajstić information content (AvgIpc) is 2.72. The van der Waals surface area contributed by atoms with E-state index >= 15 is 0 Å². The number of hydrogen-bond donors (Lipinski definition) is 1. The number of ether oxygens (including phenoxy) is 1. The Bertz CT molecular complexity index is 635. The van der Waals surface area contributed by atoms with Crippen molar-refractivity contribution in [1.29, 1.82) is 0 Å². The van der Waals surface area contributed by atoms with Crippen LogP contribution in [0.5, 0.6) is 0 Å². The zero-order chi connectivity index (χ0) is 17.9. The molecule has 0 bridgehead atoms. The normalized spacial score (nSPS) is 18.9. The summed E-state index contributed by atoms with van der Waals surface area (Å²) in [6.45, 7) is 3.43. The molecule has 1 heterocycles. The highest BCUT2D eigenvalue weighted by atomic mass is 35.5. The summed E-state index contributed by atoms with van der Waals surface area (Å²) in [5.74, 6) is -0.823. The fourth-order valence-corrected chi connectivity index (χ4v) is 2.69. The fourth-order valence-electron chi connectivity index (χ4n) is 2.56. The van der Waals surface area contributed by atoms with Crippen LogP contribution in [0.2, 0.25) is 5.02 Å². The first-order valence-corrected chi connectivity index (χ1v) is 7.91. The highest BCUT2D eigenvalue weighted by Crippen LogP contribution is 2.26. The van der Waals surface area contributed by atoms with Gasteiger partial charge in [-0.25, -0.2) is 4.79 Å². The third-order valence-electron chi connectivity index (χ3n) is 3.68. The van der Waals surface area contributed by atoms with E-state index in [0.29, 0.717) is 17.3 Å². The highest BCUT2D eigenvalue weighted by molar-refractivity contribution is 6.30. The number of urea groups is 1. The van der Waals surface area contributed by atoms with Crippen LogP contribution in [0.1, 0.15) is 13.8 Å². The molecule has 1 aliphatic heterocycles. The van der Waals surface area contributed by atoms with Gasteiger partial charge in [0, 0.05) is 23.9 Å². The zero-order valence-corrected chi connectivity index (χ0v) is 14.5. The molecule has 1 aromatic carbocycles. The number of halogens is 1. The average molecular weight is 354 g/mol. The van der Waals surface area contributed by atoms with Crippen LogP contribution in [-0.4, -0.2) is 55.1 Å². The summed E-state index contributed by atoms with van der Waals surface area (Å²) in [7, 11) is 1.53. The summed E-state index contributed by atoms with van der Waals surface area (Å²) in [4.78, 5) is 39.2. The second kappa shape index (κ2) is 7.63. The summed E-state index contributed by atoms with van der Waals surface area (Å²) >= 11 is 5.85. The summed E-state index contributed by atoms with van der Waals surface area (Å²) < 4.78 is 4.94. The number of amides is 4. The number of carbonyl (C=O) groups excluding carboxylic acids is 3. The monoisotopic (exact) mass is 353 g/mol.